The van der Waals surface area contributed by atoms with E-state index in [1.165, 1.54) is 4.57 Å². The molecule has 7 nitrogen and oxygen atoms in total. The number of para-hydroxylation sites is 5. The van der Waals surface area contributed by atoms with E-state index in [0.717, 1.165) is 65.6 Å². The van der Waals surface area contributed by atoms with Crippen molar-refractivity contribution in [3.05, 3.63) is 259 Å². The zero-order valence-electron chi connectivity index (χ0n) is 55.3. The molecule has 8 heteroatoms. The molecule has 6 aromatic heterocycles. The molecular weight excluding hydrogens is 1030 g/mol. The minimum atomic E-state index is -3.17. The summed E-state index contributed by atoms with van der Waals surface area (Å²) in [5, 5.41) is 18.8. The number of nitriles is 1. The molecule has 384 valence electrons. The highest BCUT2D eigenvalue weighted by Crippen LogP contribution is 2.54. The van der Waals surface area contributed by atoms with Crippen LogP contribution in [-0.4, -0.2) is 18.3 Å². The Morgan fingerprint density at radius 2 is 1.07 bits per heavy atom. The van der Waals surface area contributed by atoms with Gasteiger partial charge in [-0.1, -0.05) is 175 Å². The van der Waals surface area contributed by atoms with Crippen molar-refractivity contribution in [2.45, 2.75) is 6.85 Å². The number of fused-ring (bicyclic) bond motifs is 20. The van der Waals surface area contributed by atoms with Crippen molar-refractivity contribution >= 4 is 146 Å². The normalized spacial score (nSPS) is 14.3. The molecule has 0 aliphatic heterocycles. The number of benzene rings is 12. The minimum Gasteiger partial charge on any atom is -0.454 e. The number of furan rings is 1. The van der Waals surface area contributed by atoms with Gasteiger partial charge in [-0.25, -0.2) is 4.85 Å². The SMILES string of the molecule is [2H]c1c([2H])c([2H])c2c(sc3c2c([2H])c([2H])c2c4c([2H])c(C([2H])([2H])[2H])c([2H])c([2H])c4n(-c4c(C#N)c(-n5c6ccccc6c6ccccc65)c(-n5c6ccc(-c7ccccc7)cc6c6ccc7c8ccccc8oc7c65)c(-n5c6ccccc6c6ccccc65)c4[N+]#[C-])c32)c1[2H]. The molecule has 0 bridgehead atoms. The fourth-order valence-corrected chi connectivity index (χ4v) is 14.4. The summed E-state index contributed by atoms with van der Waals surface area (Å²) >= 11 is 0.871. The van der Waals surface area contributed by atoms with Gasteiger partial charge in [-0.05, 0) is 84.6 Å². The Balaban J connectivity index is 1.19. The second kappa shape index (κ2) is 16.9. The first-order valence-corrected chi connectivity index (χ1v) is 27.7. The molecule has 0 aliphatic rings. The van der Waals surface area contributed by atoms with Gasteiger partial charge in [0.25, 0.3) is 0 Å². The summed E-state index contributed by atoms with van der Waals surface area (Å²) in [6, 6.07) is 56.5. The maximum absolute atomic E-state index is 13.1. The van der Waals surface area contributed by atoms with Crippen molar-refractivity contribution in [1.82, 2.24) is 18.3 Å². The van der Waals surface area contributed by atoms with E-state index in [-0.39, 0.29) is 70.3 Å². The third-order valence-electron chi connectivity index (χ3n) is 16.6. The van der Waals surface area contributed by atoms with Gasteiger partial charge in [0, 0.05) is 73.4 Å². The minimum absolute atomic E-state index is 0.0154. The number of thiophene rings is 1. The summed E-state index contributed by atoms with van der Waals surface area (Å²) in [6.07, 6.45) is 0. The van der Waals surface area contributed by atoms with Gasteiger partial charge in [0.1, 0.15) is 11.7 Å². The van der Waals surface area contributed by atoms with E-state index in [1.54, 1.807) is 0 Å². The molecule has 0 atom stereocenters. The van der Waals surface area contributed by atoms with Crippen LogP contribution in [0.15, 0.2) is 241 Å². The fourth-order valence-electron chi connectivity index (χ4n) is 13.3. The molecule has 0 amide bonds. The summed E-state index contributed by atoms with van der Waals surface area (Å²) in [7, 11) is 0. The third-order valence-corrected chi connectivity index (χ3v) is 17.7. The van der Waals surface area contributed by atoms with Gasteiger partial charge in [0.05, 0.1) is 96.1 Å². The number of rotatable bonds is 5. The highest BCUT2D eigenvalue weighted by Gasteiger charge is 2.36. The molecule has 0 saturated heterocycles. The van der Waals surface area contributed by atoms with Crippen LogP contribution >= 0.6 is 11.3 Å². The quantitative estimate of drug-likeness (QED) is 0.161. The van der Waals surface area contributed by atoms with Crippen LogP contribution in [-0.2, 0) is 0 Å². The van der Waals surface area contributed by atoms with Gasteiger partial charge >= 0.3 is 0 Å². The van der Waals surface area contributed by atoms with Gasteiger partial charge in [-0.2, -0.15) is 5.26 Å². The van der Waals surface area contributed by atoms with E-state index < -0.39 is 66.8 Å². The van der Waals surface area contributed by atoms with Crippen LogP contribution in [0.1, 0.15) is 27.6 Å². The van der Waals surface area contributed by atoms with Crippen LogP contribution < -0.4 is 0 Å². The van der Waals surface area contributed by atoms with Crippen molar-refractivity contribution < 1.29 is 20.9 Å². The zero-order valence-corrected chi connectivity index (χ0v) is 44.1. The average molecular weight is 1090 g/mol. The fraction of sp³-hybridized carbons (Fsp3) is 0.0133. The second-order valence-electron chi connectivity index (χ2n) is 20.7. The third kappa shape index (κ3) is 6.09. The molecule has 0 N–H and O–H groups in total. The van der Waals surface area contributed by atoms with Crippen molar-refractivity contribution in [2.75, 3.05) is 0 Å². The maximum atomic E-state index is 13.1. The molecule has 6 heterocycles. The zero-order chi connectivity index (χ0) is 65.1. The van der Waals surface area contributed by atoms with E-state index in [2.05, 4.69) is 33.7 Å². The predicted octanol–water partition coefficient (Wildman–Crippen LogP) is 20.7. The van der Waals surface area contributed by atoms with E-state index >= 15 is 0 Å². The van der Waals surface area contributed by atoms with E-state index in [4.69, 9.17) is 11.3 Å². The largest absolute Gasteiger partial charge is 0.454 e. The molecule has 0 spiro atoms. The highest BCUT2D eigenvalue weighted by atomic mass is 32.1. The number of hydrogen-bond donors (Lipinski definition) is 0. The van der Waals surface area contributed by atoms with Crippen molar-refractivity contribution in [1.29, 1.82) is 5.26 Å². The molecule has 83 heavy (non-hydrogen) atoms. The first kappa shape index (κ1) is 35.5. The standard InChI is InChI=1S/C75H42N6OS/c1-43-32-38-63-56(40-43)53-35-37-55-51-25-11-17-31-66(51)83-75(55)71(53)80(63)68-58(42-76)69(78-59-26-12-6-20-46(59)47-21-7-13-27-60(47)78)73(72(67(68)77-2)79-61-28-14-8-22-48(61)49-23-9-15-29-62(49)79)81-64-39-33-45(44-18-4-3-5-19-44)41-57(64)52-34-36-54-50-24-10-16-30-65(50)82-74(54)70(52)81/h3-41H,1H3/i1D3,11D,17D,25D,31D,32D,35D,37D,38D,40D. The lowest BCUT2D eigenvalue weighted by molar-refractivity contribution is 0.671. The summed E-state index contributed by atoms with van der Waals surface area (Å²) in [5.41, 5.74) is 5.68. The summed E-state index contributed by atoms with van der Waals surface area (Å²) in [4.78, 5) is 4.67. The maximum Gasteiger partial charge on any atom is 0.237 e. The van der Waals surface area contributed by atoms with Crippen LogP contribution in [0.2, 0.25) is 0 Å². The van der Waals surface area contributed by atoms with Crippen molar-refractivity contribution in [2.24, 2.45) is 0 Å². The molecule has 0 unspecified atom stereocenters. The molecule has 0 aliphatic carbocycles. The van der Waals surface area contributed by atoms with Gasteiger partial charge < -0.3 is 22.7 Å². The molecule has 0 fully saturated rings. The summed E-state index contributed by atoms with van der Waals surface area (Å²) < 4.78 is 128. The molecule has 0 radical (unpaired) electrons. The first-order chi connectivity index (χ1) is 46.0. The first-order valence-electron chi connectivity index (χ1n) is 32.9. The average Bonchev–Trinajstić information content (AvgIpc) is 1.54. The molecule has 12 aromatic carbocycles. The highest BCUT2D eigenvalue weighted by molar-refractivity contribution is 7.26. The lowest BCUT2D eigenvalue weighted by atomic mass is 10.0. The summed E-state index contributed by atoms with van der Waals surface area (Å²) in [6.45, 7) is 6.94. The van der Waals surface area contributed by atoms with Crippen LogP contribution in [0.5, 0.6) is 0 Å². The Morgan fingerprint density at radius 3 is 1.76 bits per heavy atom. The lowest BCUT2D eigenvalue weighted by Gasteiger charge is -2.27. The van der Waals surface area contributed by atoms with E-state index in [1.807, 2.05) is 173 Å². The van der Waals surface area contributed by atoms with Gasteiger partial charge in [-0.15, -0.1) is 11.3 Å². The molecule has 0 saturated carbocycles. The molecule has 18 aromatic rings. The van der Waals surface area contributed by atoms with Gasteiger partial charge in [0.15, 0.2) is 5.58 Å². The van der Waals surface area contributed by atoms with Crippen molar-refractivity contribution in [3.8, 4) is 39.9 Å². The number of hydrogen-bond acceptors (Lipinski definition) is 3. The van der Waals surface area contributed by atoms with Gasteiger partial charge in [-0.3, -0.25) is 0 Å². The second-order valence-corrected chi connectivity index (χ2v) is 21.8. The topological polar surface area (TPSA) is 61.0 Å². The van der Waals surface area contributed by atoms with E-state index in [0.29, 0.717) is 50.0 Å². The molecular formula is C75H42N6OS. The smallest absolute Gasteiger partial charge is 0.237 e. The van der Waals surface area contributed by atoms with Gasteiger partial charge in [0.2, 0.25) is 5.69 Å². The van der Waals surface area contributed by atoms with Crippen LogP contribution in [0.4, 0.5) is 5.69 Å². The van der Waals surface area contributed by atoms with Crippen molar-refractivity contribution in [3.63, 3.8) is 0 Å². The Labute approximate surface area is 494 Å². The monoisotopic (exact) mass is 1090 g/mol. The van der Waals surface area contributed by atoms with Crippen LogP contribution in [0.25, 0.3) is 168 Å². The van der Waals surface area contributed by atoms with Crippen LogP contribution in [0.3, 0.4) is 0 Å². The number of aromatic nitrogens is 4. The Bertz CT molecular complexity index is 6410. The predicted molar refractivity (Wildman–Crippen MR) is 345 cm³/mol. The van der Waals surface area contributed by atoms with E-state index in [9.17, 15) is 21.4 Å². The summed E-state index contributed by atoms with van der Waals surface area (Å²) in [5.74, 6) is 0. The Kier molecular flexibility index (Phi) is 7.23. The van der Waals surface area contributed by atoms with Crippen LogP contribution in [0, 0.1) is 24.8 Å². The molecule has 18 rings (SSSR count). The number of nitrogens with zero attached hydrogens (tertiary/aromatic N) is 6. The Hall–Kier alpha value is -11.2. The Morgan fingerprint density at radius 1 is 0.470 bits per heavy atom. The lowest BCUT2D eigenvalue weighted by Crippen LogP contribution is -2.14.